The van der Waals surface area contributed by atoms with E-state index >= 15 is 0 Å². The predicted octanol–water partition coefficient (Wildman–Crippen LogP) is 4.31. The van der Waals surface area contributed by atoms with Crippen molar-refractivity contribution in [3.8, 4) is 5.75 Å². The number of benzene rings is 3. The van der Waals surface area contributed by atoms with E-state index in [0.717, 1.165) is 17.2 Å². The molecule has 0 atom stereocenters. The second-order valence-corrected chi connectivity index (χ2v) is 8.37. The van der Waals surface area contributed by atoms with Crippen molar-refractivity contribution in [2.45, 2.75) is 13.8 Å². The summed E-state index contributed by atoms with van der Waals surface area (Å²) in [4.78, 5) is 36.2. The Morgan fingerprint density at radius 2 is 1.74 bits per heavy atom. The number of ether oxygens (including phenoxy) is 1. The number of nitrogens with zero attached hydrogens (tertiary/aromatic N) is 1. The molecule has 0 spiro atoms. The number of halogens is 2. The van der Waals surface area contributed by atoms with E-state index in [1.807, 2.05) is 32.0 Å². The minimum Gasteiger partial charge on any atom is -0.483 e. The molecular weight excluding hydrogens is 519 g/mol. The van der Waals surface area contributed by atoms with Crippen LogP contribution in [0.3, 0.4) is 0 Å². The highest BCUT2D eigenvalue weighted by Crippen LogP contribution is 2.22. The zero-order valence-electron chi connectivity index (χ0n) is 18.9. The predicted molar refractivity (Wildman–Crippen MR) is 135 cm³/mol. The summed E-state index contributed by atoms with van der Waals surface area (Å²) in [6.45, 7) is 3.68. The standard InChI is InChI=1S/C25H22BrFN4O4/c1-15-7-9-19(11-16(15)2)29-23(32)14-35-22-10-8-18(26)12-17(22)13-28-31-25(34)24(33)30-21-6-4-3-5-20(21)27/h3-13H,14H2,1-2H3,(H,29,32)(H,30,33)(H,31,34)/b28-13-. The van der Waals surface area contributed by atoms with Gasteiger partial charge in [-0.2, -0.15) is 5.10 Å². The largest absolute Gasteiger partial charge is 0.483 e. The molecule has 0 aliphatic carbocycles. The fourth-order valence-corrected chi connectivity index (χ4v) is 3.24. The minimum absolute atomic E-state index is 0.126. The Morgan fingerprint density at radius 1 is 0.971 bits per heavy atom. The Hall–Kier alpha value is -4.05. The quantitative estimate of drug-likeness (QED) is 0.235. The van der Waals surface area contributed by atoms with Gasteiger partial charge in [-0.15, -0.1) is 0 Å². The number of carbonyl (C=O) groups excluding carboxylic acids is 3. The van der Waals surface area contributed by atoms with Crippen LogP contribution in [-0.2, 0) is 14.4 Å². The van der Waals surface area contributed by atoms with Gasteiger partial charge in [0, 0.05) is 15.7 Å². The van der Waals surface area contributed by atoms with E-state index < -0.39 is 17.6 Å². The van der Waals surface area contributed by atoms with Gasteiger partial charge in [0.2, 0.25) is 0 Å². The average molecular weight is 541 g/mol. The molecule has 180 valence electrons. The van der Waals surface area contributed by atoms with Crippen molar-refractivity contribution in [2.75, 3.05) is 17.2 Å². The van der Waals surface area contributed by atoms with Crippen LogP contribution in [0.1, 0.15) is 16.7 Å². The highest BCUT2D eigenvalue weighted by molar-refractivity contribution is 9.10. The fourth-order valence-electron chi connectivity index (χ4n) is 2.86. The Labute approximate surface area is 209 Å². The lowest BCUT2D eigenvalue weighted by Gasteiger charge is -2.11. The first-order valence-electron chi connectivity index (χ1n) is 10.4. The smallest absolute Gasteiger partial charge is 0.329 e. The van der Waals surface area contributed by atoms with Gasteiger partial charge in [-0.3, -0.25) is 14.4 Å². The molecule has 0 fully saturated rings. The highest BCUT2D eigenvalue weighted by atomic mass is 79.9. The van der Waals surface area contributed by atoms with Crippen LogP contribution in [0.15, 0.2) is 70.2 Å². The van der Waals surface area contributed by atoms with Crippen LogP contribution >= 0.6 is 15.9 Å². The number of hydrogen-bond donors (Lipinski definition) is 3. The first-order chi connectivity index (χ1) is 16.7. The minimum atomic E-state index is -1.09. The van der Waals surface area contributed by atoms with E-state index in [1.54, 1.807) is 18.2 Å². The number of rotatable bonds is 7. The molecule has 0 aliphatic rings. The number of amides is 3. The zero-order chi connectivity index (χ0) is 25.4. The lowest BCUT2D eigenvalue weighted by molar-refractivity contribution is -0.136. The van der Waals surface area contributed by atoms with Crippen molar-refractivity contribution < 1.29 is 23.5 Å². The van der Waals surface area contributed by atoms with Crippen LogP contribution in [0.5, 0.6) is 5.75 Å². The summed E-state index contributed by atoms with van der Waals surface area (Å²) < 4.78 is 20.0. The second kappa shape index (κ2) is 11.9. The molecule has 10 heteroatoms. The molecule has 3 aromatic carbocycles. The summed E-state index contributed by atoms with van der Waals surface area (Å²) >= 11 is 3.34. The molecule has 0 aliphatic heterocycles. The van der Waals surface area contributed by atoms with Crippen LogP contribution in [-0.4, -0.2) is 30.5 Å². The Bertz CT molecular complexity index is 1300. The Morgan fingerprint density at radius 3 is 2.49 bits per heavy atom. The van der Waals surface area contributed by atoms with Gasteiger partial charge in [-0.1, -0.05) is 34.1 Å². The van der Waals surface area contributed by atoms with E-state index in [9.17, 15) is 18.8 Å². The summed E-state index contributed by atoms with van der Waals surface area (Å²) in [7, 11) is 0. The molecule has 0 heterocycles. The lowest BCUT2D eigenvalue weighted by Crippen LogP contribution is -2.32. The molecule has 8 nitrogen and oxygen atoms in total. The van der Waals surface area contributed by atoms with Gasteiger partial charge < -0.3 is 15.4 Å². The molecule has 3 N–H and O–H groups in total. The third kappa shape index (κ3) is 7.47. The zero-order valence-corrected chi connectivity index (χ0v) is 20.5. The average Bonchev–Trinajstić information content (AvgIpc) is 2.82. The lowest BCUT2D eigenvalue weighted by atomic mass is 10.1. The number of aryl methyl sites for hydroxylation is 2. The maximum absolute atomic E-state index is 13.6. The molecule has 0 aromatic heterocycles. The molecule has 3 aromatic rings. The maximum Gasteiger partial charge on any atom is 0.329 e. The van der Waals surface area contributed by atoms with Crippen LogP contribution in [0, 0.1) is 19.7 Å². The van der Waals surface area contributed by atoms with Gasteiger partial charge in [0.05, 0.1) is 11.9 Å². The molecule has 0 bridgehead atoms. The van der Waals surface area contributed by atoms with Gasteiger partial charge in [0.1, 0.15) is 11.6 Å². The number of anilines is 2. The molecule has 35 heavy (non-hydrogen) atoms. The summed E-state index contributed by atoms with van der Waals surface area (Å²) in [6, 6.07) is 16.1. The van der Waals surface area contributed by atoms with Crippen molar-refractivity contribution in [2.24, 2.45) is 5.10 Å². The molecule has 3 rings (SSSR count). The number of hydrazone groups is 1. The maximum atomic E-state index is 13.6. The molecule has 0 saturated carbocycles. The van der Waals surface area contributed by atoms with E-state index in [2.05, 4.69) is 37.1 Å². The third-order valence-electron chi connectivity index (χ3n) is 4.82. The summed E-state index contributed by atoms with van der Waals surface area (Å²) in [6.07, 6.45) is 1.26. The van der Waals surface area contributed by atoms with Crippen molar-refractivity contribution in [3.05, 3.63) is 87.6 Å². The third-order valence-corrected chi connectivity index (χ3v) is 5.31. The monoisotopic (exact) mass is 540 g/mol. The van der Waals surface area contributed by atoms with Crippen molar-refractivity contribution in [1.29, 1.82) is 0 Å². The summed E-state index contributed by atoms with van der Waals surface area (Å²) in [5.41, 5.74) is 5.22. The second-order valence-electron chi connectivity index (χ2n) is 7.45. The number of para-hydroxylation sites is 1. The van der Waals surface area contributed by atoms with Gasteiger partial charge in [0.25, 0.3) is 5.91 Å². The van der Waals surface area contributed by atoms with Crippen molar-refractivity contribution >= 4 is 51.2 Å². The van der Waals surface area contributed by atoms with Crippen molar-refractivity contribution in [1.82, 2.24) is 5.43 Å². The van der Waals surface area contributed by atoms with Gasteiger partial charge >= 0.3 is 11.8 Å². The van der Waals surface area contributed by atoms with Gasteiger partial charge in [-0.05, 0) is 67.4 Å². The first-order valence-corrected chi connectivity index (χ1v) is 11.2. The van der Waals surface area contributed by atoms with Gasteiger partial charge in [-0.25, -0.2) is 9.82 Å². The van der Waals surface area contributed by atoms with E-state index in [4.69, 9.17) is 4.74 Å². The topological polar surface area (TPSA) is 109 Å². The SMILES string of the molecule is Cc1ccc(NC(=O)COc2ccc(Br)cc2/C=N\NC(=O)C(=O)Nc2ccccc2F)cc1C. The highest BCUT2D eigenvalue weighted by Gasteiger charge is 2.15. The van der Waals surface area contributed by atoms with E-state index in [0.29, 0.717) is 21.5 Å². The summed E-state index contributed by atoms with van der Waals surface area (Å²) in [5, 5.41) is 8.69. The molecule has 3 amide bonds. The van der Waals surface area contributed by atoms with E-state index in [-0.39, 0.29) is 18.2 Å². The Kier molecular flexibility index (Phi) is 8.69. The number of carbonyl (C=O) groups is 3. The normalized spacial score (nSPS) is 10.6. The molecule has 0 unspecified atom stereocenters. The van der Waals surface area contributed by atoms with E-state index in [1.165, 1.54) is 24.4 Å². The van der Waals surface area contributed by atoms with Crippen LogP contribution in [0.2, 0.25) is 0 Å². The first kappa shape index (κ1) is 25.6. The van der Waals surface area contributed by atoms with Crippen LogP contribution in [0.4, 0.5) is 15.8 Å². The summed E-state index contributed by atoms with van der Waals surface area (Å²) in [5.74, 6) is -2.86. The molecular formula is C25H22BrFN4O4. The fraction of sp³-hybridized carbons (Fsp3) is 0.120. The molecule has 0 radical (unpaired) electrons. The van der Waals surface area contributed by atoms with Gasteiger partial charge in [0.15, 0.2) is 6.61 Å². The Balaban J connectivity index is 1.58. The van der Waals surface area contributed by atoms with Crippen LogP contribution < -0.4 is 20.8 Å². The molecule has 0 saturated heterocycles. The number of hydrogen-bond acceptors (Lipinski definition) is 5. The van der Waals surface area contributed by atoms with Crippen molar-refractivity contribution in [3.63, 3.8) is 0 Å². The number of nitrogens with one attached hydrogen (secondary N) is 3. The van der Waals surface area contributed by atoms with Crippen LogP contribution in [0.25, 0.3) is 0 Å².